The number of carboxylic acids is 1. The van der Waals surface area contributed by atoms with Crippen LogP contribution in [0.1, 0.15) is 33.1 Å². The first-order chi connectivity index (χ1) is 7.40. The third kappa shape index (κ3) is 2.38. The van der Waals surface area contributed by atoms with Gasteiger partial charge in [0.25, 0.3) is 0 Å². The summed E-state index contributed by atoms with van der Waals surface area (Å²) in [7, 11) is 2.08. The van der Waals surface area contributed by atoms with Crippen molar-refractivity contribution in [3.63, 3.8) is 0 Å². The Bertz CT molecular complexity index is 287. The number of hydrogen-bond acceptors (Lipinski definition) is 3. The average Bonchev–Trinajstić information content (AvgIpc) is 2.82. The minimum atomic E-state index is -0.679. The minimum absolute atomic E-state index is 0.105. The van der Waals surface area contributed by atoms with Crippen molar-refractivity contribution in [1.82, 2.24) is 9.80 Å². The van der Waals surface area contributed by atoms with Crippen LogP contribution in [0.5, 0.6) is 0 Å². The first-order valence-corrected chi connectivity index (χ1v) is 6.09. The maximum absolute atomic E-state index is 10.9. The Morgan fingerprint density at radius 1 is 1.44 bits per heavy atom. The Morgan fingerprint density at radius 3 is 2.56 bits per heavy atom. The third-order valence-electron chi connectivity index (χ3n) is 3.62. The molecule has 1 unspecified atom stereocenters. The molecule has 2 fully saturated rings. The lowest BCUT2D eigenvalue weighted by atomic mass is 9.93. The zero-order chi connectivity index (χ0) is 11.9. The van der Waals surface area contributed by atoms with Crippen molar-refractivity contribution in [2.75, 3.05) is 20.1 Å². The number of likely N-dealkylation sites (N-methyl/N-ethyl adjacent to an activating group) is 1. The van der Waals surface area contributed by atoms with Crippen molar-refractivity contribution in [2.24, 2.45) is 0 Å². The van der Waals surface area contributed by atoms with E-state index in [0.717, 1.165) is 13.1 Å². The first-order valence-electron chi connectivity index (χ1n) is 6.09. The molecule has 1 saturated carbocycles. The van der Waals surface area contributed by atoms with Crippen LogP contribution in [0.4, 0.5) is 0 Å². The summed E-state index contributed by atoms with van der Waals surface area (Å²) in [6.07, 6.45) is 2.75. The number of piperazine rings is 1. The lowest BCUT2D eigenvalue weighted by Gasteiger charge is -2.51. The Balaban J connectivity index is 2.14. The second-order valence-electron chi connectivity index (χ2n) is 5.90. The van der Waals surface area contributed by atoms with Gasteiger partial charge < -0.3 is 10.0 Å². The van der Waals surface area contributed by atoms with Crippen LogP contribution in [0, 0.1) is 0 Å². The van der Waals surface area contributed by atoms with Gasteiger partial charge in [-0.05, 0) is 33.7 Å². The fraction of sp³-hybridized carbons (Fsp3) is 0.917. The van der Waals surface area contributed by atoms with Crippen LogP contribution in [0.3, 0.4) is 0 Å². The van der Waals surface area contributed by atoms with Crippen molar-refractivity contribution in [2.45, 2.75) is 50.7 Å². The molecule has 1 aliphatic heterocycles. The van der Waals surface area contributed by atoms with Crippen LogP contribution >= 0.6 is 0 Å². The highest BCUT2D eigenvalue weighted by atomic mass is 16.4. The van der Waals surface area contributed by atoms with Crippen LogP contribution in [-0.2, 0) is 4.79 Å². The molecule has 0 radical (unpaired) electrons. The van der Waals surface area contributed by atoms with Gasteiger partial charge in [0.2, 0.25) is 0 Å². The predicted molar refractivity (Wildman–Crippen MR) is 62.5 cm³/mol. The lowest BCUT2D eigenvalue weighted by Crippen LogP contribution is -2.64. The molecule has 16 heavy (non-hydrogen) atoms. The van der Waals surface area contributed by atoms with Gasteiger partial charge in [-0.15, -0.1) is 0 Å². The summed E-state index contributed by atoms with van der Waals surface area (Å²) in [6, 6.07) is 0.812. The summed E-state index contributed by atoms with van der Waals surface area (Å²) in [5.41, 5.74) is 0.105. The Morgan fingerprint density at radius 2 is 2.06 bits per heavy atom. The van der Waals surface area contributed by atoms with E-state index in [0.29, 0.717) is 6.04 Å². The highest BCUT2D eigenvalue weighted by Crippen LogP contribution is 2.38. The van der Waals surface area contributed by atoms with E-state index in [4.69, 9.17) is 5.11 Å². The summed E-state index contributed by atoms with van der Waals surface area (Å²) in [5.74, 6) is -0.679. The van der Waals surface area contributed by atoms with Crippen molar-refractivity contribution in [3.8, 4) is 0 Å². The Labute approximate surface area is 97.2 Å². The zero-order valence-corrected chi connectivity index (χ0v) is 10.4. The molecule has 0 amide bonds. The number of carbonyl (C=O) groups is 1. The minimum Gasteiger partial charge on any atom is -0.481 e. The fourth-order valence-corrected chi connectivity index (χ4v) is 3.26. The first kappa shape index (κ1) is 11.9. The van der Waals surface area contributed by atoms with Crippen molar-refractivity contribution in [1.29, 1.82) is 0 Å². The molecule has 1 heterocycles. The largest absolute Gasteiger partial charge is 0.481 e. The zero-order valence-electron chi connectivity index (χ0n) is 10.4. The molecule has 0 aromatic rings. The van der Waals surface area contributed by atoms with E-state index in [2.05, 4.69) is 30.7 Å². The van der Waals surface area contributed by atoms with Crippen molar-refractivity contribution < 1.29 is 9.90 Å². The van der Waals surface area contributed by atoms with E-state index >= 15 is 0 Å². The molecule has 0 aromatic carbocycles. The molecule has 92 valence electrons. The second kappa shape index (κ2) is 4.00. The van der Waals surface area contributed by atoms with Gasteiger partial charge in [-0.3, -0.25) is 9.69 Å². The van der Waals surface area contributed by atoms with Crippen molar-refractivity contribution in [3.05, 3.63) is 0 Å². The SMILES string of the molecule is CN1CC(CC(=O)O)N(C2CC2)C(C)(C)C1. The van der Waals surface area contributed by atoms with Crippen LogP contribution in [0.15, 0.2) is 0 Å². The third-order valence-corrected chi connectivity index (χ3v) is 3.62. The molecule has 1 saturated heterocycles. The molecule has 1 N–H and O–H groups in total. The molecule has 0 aromatic heterocycles. The van der Waals surface area contributed by atoms with Crippen LogP contribution < -0.4 is 0 Å². The summed E-state index contributed by atoms with van der Waals surface area (Å²) in [5, 5.41) is 9.00. The summed E-state index contributed by atoms with van der Waals surface area (Å²) < 4.78 is 0. The molecule has 2 rings (SSSR count). The second-order valence-corrected chi connectivity index (χ2v) is 5.90. The highest BCUT2D eigenvalue weighted by molar-refractivity contribution is 5.67. The molecular formula is C12H22N2O2. The molecule has 4 nitrogen and oxygen atoms in total. The van der Waals surface area contributed by atoms with Crippen molar-refractivity contribution >= 4 is 5.97 Å². The Hall–Kier alpha value is -0.610. The van der Waals surface area contributed by atoms with E-state index in [9.17, 15) is 4.79 Å². The van der Waals surface area contributed by atoms with E-state index in [1.807, 2.05) is 0 Å². The Kier molecular flexibility index (Phi) is 2.97. The number of nitrogens with zero attached hydrogens (tertiary/aromatic N) is 2. The van der Waals surface area contributed by atoms with Gasteiger partial charge in [0.05, 0.1) is 6.42 Å². The van der Waals surface area contributed by atoms with Gasteiger partial charge in [0.15, 0.2) is 0 Å². The molecule has 1 aliphatic carbocycles. The molecule has 2 aliphatic rings. The normalized spacial score (nSPS) is 31.6. The fourth-order valence-electron chi connectivity index (χ4n) is 3.26. The standard InChI is InChI=1S/C12H22N2O2/c1-12(2)8-13(3)7-10(6-11(15)16)14(12)9-4-5-9/h9-10H,4-8H2,1-3H3,(H,15,16). The van der Waals surface area contributed by atoms with Gasteiger partial charge in [-0.1, -0.05) is 0 Å². The summed E-state index contributed by atoms with van der Waals surface area (Å²) >= 11 is 0. The molecule has 4 heteroatoms. The molecule has 0 bridgehead atoms. The number of rotatable bonds is 3. The maximum Gasteiger partial charge on any atom is 0.304 e. The maximum atomic E-state index is 10.9. The average molecular weight is 226 g/mol. The number of carboxylic acid groups (broad SMARTS) is 1. The van der Waals surface area contributed by atoms with Gasteiger partial charge in [-0.25, -0.2) is 0 Å². The van der Waals surface area contributed by atoms with E-state index in [1.165, 1.54) is 12.8 Å². The van der Waals surface area contributed by atoms with E-state index in [-0.39, 0.29) is 18.0 Å². The summed E-state index contributed by atoms with van der Waals surface area (Å²) in [6.45, 7) is 6.37. The lowest BCUT2D eigenvalue weighted by molar-refractivity contribution is -0.140. The molecular weight excluding hydrogens is 204 g/mol. The van der Waals surface area contributed by atoms with Gasteiger partial charge >= 0.3 is 5.97 Å². The molecule has 0 spiro atoms. The van der Waals surface area contributed by atoms with E-state index in [1.54, 1.807) is 0 Å². The number of hydrogen-bond donors (Lipinski definition) is 1. The highest BCUT2D eigenvalue weighted by Gasteiger charge is 2.46. The smallest absolute Gasteiger partial charge is 0.304 e. The van der Waals surface area contributed by atoms with Gasteiger partial charge in [0.1, 0.15) is 0 Å². The van der Waals surface area contributed by atoms with Crippen LogP contribution in [0.2, 0.25) is 0 Å². The topological polar surface area (TPSA) is 43.8 Å². The number of aliphatic carboxylic acids is 1. The summed E-state index contributed by atoms with van der Waals surface area (Å²) in [4.78, 5) is 15.6. The quantitative estimate of drug-likeness (QED) is 0.780. The van der Waals surface area contributed by atoms with Crippen LogP contribution in [-0.4, -0.2) is 58.6 Å². The predicted octanol–water partition coefficient (Wildman–Crippen LogP) is 1.02. The van der Waals surface area contributed by atoms with Crippen LogP contribution in [0.25, 0.3) is 0 Å². The molecule has 1 atom stereocenters. The van der Waals surface area contributed by atoms with Gasteiger partial charge in [0, 0.05) is 30.7 Å². The monoisotopic (exact) mass is 226 g/mol. The van der Waals surface area contributed by atoms with Gasteiger partial charge in [-0.2, -0.15) is 0 Å². The van der Waals surface area contributed by atoms with E-state index < -0.39 is 5.97 Å².